The van der Waals surface area contributed by atoms with E-state index in [2.05, 4.69) is 24.6 Å². The van der Waals surface area contributed by atoms with Crippen molar-refractivity contribution in [3.63, 3.8) is 0 Å². The minimum atomic E-state index is -0.221. The fraction of sp³-hybridized carbons (Fsp3) is 0.167. The van der Waals surface area contributed by atoms with Crippen LogP contribution in [0.2, 0.25) is 0 Å². The standard InChI is InChI=1S/C12H11N5O2/c1-17(6-10-13-7-19-16-10)12(18)11-14-8-4-2-3-5-9(8)15-11/h2-5,7H,6H2,1H3,(H,14,15). The number of para-hydroxylation sites is 2. The molecule has 0 atom stereocenters. The molecule has 1 amide bonds. The smallest absolute Gasteiger partial charge is 0.289 e. The first-order valence-corrected chi connectivity index (χ1v) is 5.69. The number of aromatic nitrogens is 4. The van der Waals surface area contributed by atoms with Crippen LogP contribution in [0.15, 0.2) is 35.2 Å². The van der Waals surface area contributed by atoms with Crippen molar-refractivity contribution in [3.05, 3.63) is 42.3 Å². The van der Waals surface area contributed by atoms with Crippen molar-refractivity contribution >= 4 is 16.9 Å². The average molecular weight is 257 g/mol. The predicted molar refractivity (Wildman–Crippen MR) is 66.2 cm³/mol. The van der Waals surface area contributed by atoms with Gasteiger partial charge < -0.3 is 14.4 Å². The second kappa shape index (κ2) is 4.52. The van der Waals surface area contributed by atoms with Gasteiger partial charge in [-0.3, -0.25) is 4.79 Å². The number of hydrogen-bond acceptors (Lipinski definition) is 5. The molecule has 0 aliphatic carbocycles. The van der Waals surface area contributed by atoms with Crippen LogP contribution in [0.4, 0.5) is 0 Å². The molecule has 3 rings (SSSR count). The maximum Gasteiger partial charge on any atom is 0.289 e. The zero-order valence-corrected chi connectivity index (χ0v) is 10.2. The lowest BCUT2D eigenvalue weighted by Crippen LogP contribution is -2.27. The Morgan fingerprint density at radius 1 is 1.42 bits per heavy atom. The summed E-state index contributed by atoms with van der Waals surface area (Å²) in [5.41, 5.74) is 1.60. The third kappa shape index (κ3) is 2.17. The summed E-state index contributed by atoms with van der Waals surface area (Å²) in [4.78, 5) is 24.8. The molecule has 19 heavy (non-hydrogen) atoms. The van der Waals surface area contributed by atoms with E-state index in [4.69, 9.17) is 0 Å². The van der Waals surface area contributed by atoms with Crippen molar-refractivity contribution in [3.8, 4) is 0 Å². The topological polar surface area (TPSA) is 87.9 Å². The molecule has 0 aliphatic rings. The molecule has 96 valence electrons. The number of imidazole rings is 1. The maximum atomic E-state index is 12.2. The fourth-order valence-electron chi connectivity index (χ4n) is 1.78. The van der Waals surface area contributed by atoms with E-state index in [0.717, 1.165) is 11.0 Å². The minimum Gasteiger partial charge on any atom is -0.343 e. The Labute approximate surface area is 108 Å². The number of H-pyrrole nitrogens is 1. The van der Waals surface area contributed by atoms with E-state index in [0.29, 0.717) is 11.6 Å². The molecule has 2 heterocycles. The quantitative estimate of drug-likeness (QED) is 0.762. The summed E-state index contributed by atoms with van der Waals surface area (Å²) >= 11 is 0. The Morgan fingerprint density at radius 2 is 2.26 bits per heavy atom. The zero-order valence-electron chi connectivity index (χ0n) is 10.2. The molecule has 7 heteroatoms. The molecule has 0 saturated carbocycles. The summed E-state index contributed by atoms with van der Waals surface area (Å²) in [6.07, 6.45) is 1.23. The van der Waals surface area contributed by atoms with Crippen LogP contribution in [0.1, 0.15) is 16.4 Å². The van der Waals surface area contributed by atoms with Crippen LogP contribution >= 0.6 is 0 Å². The summed E-state index contributed by atoms with van der Waals surface area (Å²) in [6, 6.07) is 7.48. The van der Waals surface area contributed by atoms with Crippen molar-refractivity contribution in [2.24, 2.45) is 0 Å². The van der Waals surface area contributed by atoms with Crippen molar-refractivity contribution in [2.75, 3.05) is 7.05 Å². The van der Waals surface area contributed by atoms with Gasteiger partial charge in [0.1, 0.15) is 0 Å². The SMILES string of the molecule is CN(Cc1ncon1)C(=O)c1nc2ccccc2[nH]1. The van der Waals surface area contributed by atoms with E-state index < -0.39 is 0 Å². The van der Waals surface area contributed by atoms with Gasteiger partial charge in [-0.1, -0.05) is 17.3 Å². The van der Waals surface area contributed by atoms with Crippen LogP contribution in [-0.2, 0) is 6.54 Å². The van der Waals surface area contributed by atoms with Gasteiger partial charge in [-0.15, -0.1) is 0 Å². The summed E-state index contributed by atoms with van der Waals surface area (Å²) in [7, 11) is 1.66. The molecule has 0 fully saturated rings. The highest BCUT2D eigenvalue weighted by Gasteiger charge is 2.17. The molecule has 0 radical (unpaired) electrons. The van der Waals surface area contributed by atoms with Crippen molar-refractivity contribution in [1.82, 2.24) is 25.0 Å². The number of amides is 1. The second-order valence-corrected chi connectivity index (χ2v) is 4.11. The summed E-state index contributed by atoms with van der Waals surface area (Å²) in [6.45, 7) is 0.270. The number of carbonyl (C=O) groups excluding carboxylic acids is 1. The van der Waals surface area contributed by atoms with Gasteiger partial charge in [0, 0.05) is 7.05 Å². The van der Waals surface area contributed by atoms with E-state index in [-0.39, 0.29) is 12.5 Å². The van der Waals surface area contributed by atoms with Crippen LogP contribution in [0.25, 0.3) is 11.0 Å². The molecule has 1 N–H and O–H groups in total. The highest BCUT2D eigenvalue weighted by atomic mass is 16.5. The lowest BCUT2D eigenvalue weighted by molar-refractivity contribution is 0.0770. The van der Waals surface area contributed by atoms with Gasteiger partial charge >= 0.3 is 0 Å². The molecule has 0 unspecified atom stereocenters. The van der Waals surface area contributed by atoms with Crippen LogP contribution in [0.5, 0.6) is 0 Å². The molecular formula is C12H11N5O2. The molecule has 1 aromatic carbocycles. The Hall–Kier alpha value is -2.70. The van der Waals surface area contributed by atoms with E-state index in [1.807, 2.05) is 24.3 Å². The Kier molecular flexibility index (Phi) is 2.71. The van der Waals surface area contributed by atoms with Gasteiger partial charge in [-0.2, -0.15) is 4.98 Å². The fourth-order valence-corrected chi connectivity index (χ4v) is 1.78. The first-order valence-electron chi connectivity index (χ1n) is 5.69. The maximum absolute atomic E-state index is 12.2. The number of carbonyl (C=O) groups is 1. The number of benzene rings is 1. The summed E-state index contributed by atoms with van der Waals surface area (Å²) in [5.74, 6) is 0.528. The van der Waals surface area contributed by atoms with E-state index in [9.17, 15) is 4.79 Å². The van der Waals surface area contributed by atoms with Gasteiger partial charge in [-0.05, 0) is 12.1 Å². The van der Waals surface area contributed by atoms with Gasteiger partial charge in [-0.25, -0.2) is 4.98 Å². The number of aromatic amines is 1. The number of rotatable bonds is 3. The highest BCUT2D eigenvalue weighted by Crippen LogP contribution is 2.11. The molecule has 3 aromatic rings. The van der Waals surface area contributed by atoms with Gasteiger partial charge in [0.15, 0.2) is 11.6 Å². The summed E-state index contributed by atoms with van der Waals surface area (Å²) in [5, 5.41) is 3.66. The molecule has 2 aromatic heterocycles. The summed E-state index contributed by atoms with van der Waals surface area (Å²) < 4.78 is 4.63. The second-order valence-electron chi connectivity index (χ2n) is 4.11. The Morgan fingerprint density at radius 3 is 3.00 bits per heavy atom. The molecule has 0 saturated heterocycles. The van der Waals surface area contributed by atoms with Gasteiger partial charge in [0.2, 0.25) is 6.39 Å². The largest absolute Gasteiger partial charge is 0.343 e. The third-order valence-corrected chi connectivity index (χ3v) is 2.72. The van der Waals surface area contributed by atoms with Gasteiger partial charge in [0.25, 0.3) is 5.91 Å². The lowest BCUT2D eigenvalue weighted by atomic mass is 10.3. The first-order chi connectivity index (χ1) is 9.24. The lowest BCUT2D eigenvalue weighted by Gasteiger charge is -2.12. The number of fused-ring (bicyclic) bond motifs is 1. The molecular weight excluding hydrogens is 246 g/mol. The Balaban J connectivity index is 1.82. The number of nitrogens with zero attached hydrogens (tertiary/aromatic N) is 4. The monoisotopic (exact) mass is 257 g/mol. The van der Waals surface area contributed by atoms with Crippen molar-refractivity contribution in [2.45, 2.75) is 6.54 Å². The predicted octanol–water partition coefficient (Wildman–Crippen LogP) is 1.22. The van der Waals surface area contributed by atoms with E-state index in [1.54, 1.807) is 7.05 Å². The van der Waals surface area contributed by atoms with Gasteiger partial charge in [0.05, 0.1) is 17.6 Å². The minimum absolute atomic E-state index is 0.221. The van der Waals surface area contributed by atoms with Crippen LogP contribution < -0.4 is 0 Å². The number of nitrogens with one attached hydrogen (secondary N) is 1. The van der Waals surface area contributed by atoms with Crippen molar-refractivity contribution in [1.29, 1.82) is 0 Å². The number of hydrogen-bond donors (Lipinski definition) is 1. The normalized spacial score (nSPS) is 10.8. The molecule has 7 nitrogen and oxygen atoms in total. The first kappa shape index (κ1) is 11.4. The molecule has 0 spiro atoms. The van der Waals surface area contributed by atoms with E-state index in [1.165, 1.54) is 11.3 Å². The van der Waals surface area contributed by atoms with Crippen LogP contribution in [0, 0.1) is 0 Å². The van der Waals surface area contributed by atoms with Crippen LogP contribution in [0.3, 0.4) is 0 Å². The molecule has 0 aliphatic heterocycles. The third-order valence-electron chi connectivity index (χ3n) is 2.72. The zero-order chi connectivity index (χ0) is 13.2. The average Bonchev–Trinajstić information content (AvgIpc) is 3.05. The van der Waals surface area contributed by atoms with Crippen molar-refractivity contribution < 1.29 is 9.32 Å². The van der Waals surface area contributed by atoms with Crippen LogP contribution in [-0.4, -0.2) is 38.0 Å². The Bertz CT molecular complexity index is 671. The highest BCUT2D eigenvalue weighted by molar-refractivity contribution is 5.93. The molecule has 0 bridgehead atoms. The van der Waals surface area contributed by atoms with E-state index >= 15 is 0 Å².